The summed E-state index contributed by atoms with van der Waals surface area (Å²) in [5, 5.41) is 9.85. The summed E-state index contributed by atoms with van der Waals surface area (Å²) in [6.07, 6.45) is 8.18. The highest BCUT2D eigenvalue weighted by Crippen LogP contribution is 2.32. The van der Waals surface area contributed by atoms with Crippen molar-refractivity contribution < 1.29 is 13.9 Å². The number of alkyl halides is 1. The largest absolute Gasteiger partial charge is 0.489 e. The van der Waals surface area contributed by atoms with Gasteiger partial charge < -0.3 is 19.7 Å². The second-order valence-electron chi connectivity index (χ2n) is 10.5. The molecule has 0 bridgehead atoms. The van der Waals surface area contributed by atoms with Crippen molar-refractivity contribution in [1.82, 2.24) is 14.8 Å². The zero-order chi connectivity index (χ0) is 27.5. The van der Waals surface area contributed by atoms with E-state index in [0.29, 0.717) is 12.4 Å². The van der Waals surface area contributed by atoms with Gasteiger partial charge in [0.25, 0.3) is 0 Å². The van der Waals surface area contributed by atoms with Gasteiger partial charge in [-0.1, -0.05) is 29.8 Å². The molecule has 4 aromatic rings. The maximum atomic E-state index is 13.2. The molecule has 206 valence electrons. The van der Waals surface area contributed by atoms with Crippen LogP contribution >= 0.6 is 0 Å². The lowest BCUT2D eigenvalue weighted by molar-refractivity contribution is 0.122. The standard InChI is InChI=1S/C31H33FN6O2/c1-22-3-5-29-24(13-22)7-8-31(2,36-29)35-27-14-25(26-18-34-38(19-26)21-32)15-28(16-27)40-20-23-4-6-30(33-17-23)37-9-11-39-12-10-37/h3-7,13-19,35H,8-12,20-21H2,1-2H3. The number of aryl methyl sites for hydroxylation is 1. The van der Waals surface area contributed by atoms with Gasteiger partial charge in [-0.3, -0.25) is 4.99 Å². The van der Waals surface area contributed by atoms with Crippen LogP contribution in [0.15, 0.2) is 72.1 Å². The summed E-state index contributed by atoms with van der Waals surface area (Å²) in [4.78, 5) is 11.9. The summed E-state index contributed by atoms with van der Waals surface area (Å²) in [6.45, 7) is 7.00. The van der Waals surface area contributed by atoms with Gasteiger partial charge in [0.2, 0.25) is 0 Å². The molecule has 40 heavy (non-hydrogen) atoms. The fourth-order valence-electron chi connectivity index (χ4n) is 5.10. The minimum Gasteiger partial charge on any atom is -0.489 e. The van der Waals surface area contributed by atoms with E-state index in [1.165, 1.54) is 10.2 Å². The first-order valence-corrected chi connectivity index (χ1v) is 13.6. The van der Waals surface area contributed by atoms with Crippen molar-refractivity contribution >= 4 is 17.6 Å². The molecule has 1 fully saturated rings. The minimum atomic E-state index is -0.680. The lowest BCUT2D eigenvalue weighted by Gasteiger charge is -2.29. The average molecular weight is 541 g/mol. The molecule has 1 saturated heterocycles. The summed E-state index contributed by atoms with van der Waals surface area (Å²) >= 11 is 0. The lowest BCUT2D eigenvalue weighted by atomic mass is 10.0. The van der Waals surface area contributed by atoms with Gasteiger partial charge in [-0.05, 0) is 48.9 Å². The van der Waals surface area contributed by atoms with E-state index in [1.807, 2.05) is 36.5 Å². The first kappa shape index (κ1) is 26.0. The normalized spacial score (nSPS) is 18.4. The molecule has 2 aromatic carbocycles. The Labute approximate surface area is 232 Å². The van der Waals surface area contributed by atoms with Gasteiger partial charge in [-0.15, -0.1) is 0 Å². The molecule has 2 aliphatic heterocycles. The van der Waals surface area contributed by atoms with Crippen molar-refractivity contribution in [2.45, 2.75) is 39.3 Å². The number of benzene rings is 2. The Morgan fingerprint density at radius 2 is 1.93 bits per heavy atom. The number of aromatic nitrogens is 3. The van der Waals surface area contributed by atoms with E-state index in [0.717, 1.165) is 71.5 Å². The van der Waals surface area contributed by atoms with Crippen LogP contribution in [0.4, 0.5) is 15.9 Å². The van der Waals surface area contributed by atoms with Crippen LogP contribution in [-0.2, 0) is 18.1 Å². The number of fused-ring (bicyclic) bond motifs is 1. The third-order valence-corrected chi connectivity index (χ3v) is 7.23. The molecule has 2 aromatic heterocycles. The van der Waals surface area contributed by atoms with Gasteiger partial charge in [-0.2, -0.15) is 5.10 Å². The Kier molecular flexibility index (Phi) is 7.21. The summed E-state index contributed by atoms with van der Waals surface area (Å²) in [5.74, 6) is 1.63. The van der Waals surface area contributed by atoms with Crippen LogP contribution in [0.2, 0.25) is 0 Å². The van der Waals surface area contributed by atoms with Gasteiger partial charge in [0.05, 0.1) is 24.8 Å². The molecule has 6 rings (SSSR count). The third-order valence-electron chi connectivity index (χ3n) is 7.23. The van der Waals surface area contributed by atoms with E-state index >= 15 is 0 Å². The number of ether oxygens (including phenoxy) is 2. The van der Waals surface area contributed by atoms with Crippen molar-refractivity contribution in [3.8, 4) is 16.9 Å². The second kappa shape index (κ2) is 11.1. The Morgan fingerprint density at radius 3 is 2.70 bits per heavy atom. The molecule has 1 unspecified atom stereocenters. The zero-order valence-corrected chi connectivity index (χ0v) is 22.8. The van der Waals surface area contributed by atoms with Crippen LogP contribution in [0.3, 0.4) is 0 Å². The Balaban J connectivity index is 1.24. The molecule has 0 spiro atoms. The highest BCUT2D eigenvalue weighted by atomic mass is 19.1. The SMILES string of the molecule is Cc1ccc2c(c1)=CCC(C)(Nc1cc(OCc3ccc(N4CCOCC4)nc3)cc(-c3cnn(CF)c3)c1)N=2. The molecule has 4 heterocycles. The highest BCUT2D eigenvalue weighted by Gasteiger charge is 2.24. The van der Waals surface area contributed by atoms with Crippen LogP contribution in [0.1, 0.15) is 24.5 Å². The topological polar surface area (TPSA) is 76.8 Å². The third kappa shape index (κ3) is 5.84. The van der Waals surface area contributed by atoms with Crippen molar-refractivity contribution in [3.63, 3.8) is 0 Å². The Bertz CT molecular complexity index is 1610. The molecule has 9 heteroatoms. The van der Waals surface area contributed by atoms with E-state index in [1.54, 1.807) is 12.4 Å². The number of morpholine rings is 1. The predicted octanol–water partition coefficient (Wildman–Crippen LogP) is 4.23. The van der Waals surface area contributed by atoms with Gasteiger partial charge >= 0.3 is 0 Å². The zero-order valence-electron chi connectivity index (χ0n) is 22.8. The molecule has 0 radical (unpaired) electrons. The first-order valence-electron chi connectivity index (χ1n) is 13.6. The molecule has 2 aliphatic rings. The number of halogens is 1. The van der Waals surface area contributed by atoms with Crippen molar-refractivity contribution in [3.05, 3.63) is 88.8 Å². The fraction of sp³-hybridized carbons (Fsp3) is 0.323. The molecule has 8 nitrogen and oxygen atoms in total. The van der Waals surface area contributed by atoms with Crippen molar-refractivity contribution in [1.29, 1.82) is 0 Å². The van der Waals surface area contributed by atoms with Gasteiger partial charge in [0.1, 0.15) is 23.8 Å². The number of anilines is 2. The van der Waals surface area contributed by atoms with Crippen LogP contribution < -0.4 is 25.5 Å². The molecule has 1 N–H and O–H groups in total. The number of rotatable bonds is 8. The van der Waals surface area contributed by atoms with Gasteiger partial charge in [0.15, 0.2) is 6.80 Å². The first-order chi connectivity index (χ1) is 19.5. The van der Waals surface area contributed by atoms with Crippen molar-refractivity contribution in [2.75, 3.05) is 36.5 Å². The number of nitrogens with one attached hydrogen (secondary N) is 1. The average Bonchev–Trinajstić information content (AvgIpc) is 3.47. The van der Waals surface area contributed by atoms with E-state index in [2.05, 4.69) is 58.4 Å². The number of hydrogen-bond donors (Lipinski definition) is 1. The fourth-order valence-corrected chi connectivity index (χ4v) is 5.10. The lowest BCUT2D eigenvalue weighted by Crippen LogP contribution is -2.42. The molecule has 0 aliphatic carbocycles. The summed E-state index contributed by atoms with van der Waals surface area (Å²) in [7, 11) is 0. The van der Waals surface area contributed by atoms with E-state index in [-0.39, 0.29) is 0 Å². The van der Waals surface area contributed by atoms with Crippen molar-refractivity contribution in [2.24, 2.45) is 4.99 Å². The Morgan fingerprint density at radius 1 is 1.05 bits per heavy atom. The van der Waals surface area contributed by atoms with Crippen LogP contribution in [0, 0.1) is 6.92 Å². The minimum absolute atomic E-state index is 0.366. The van der Waals surface area contributed by atoms with Crippen LogP contribution in [0.5, 0.6) is 5.75 Å². The van der Waals surface area contributed by atoms with E-state index in [9.17, 15) is 4.39 Å². The molecule has 1 atom stereocenters. The highest BCUT2D eigenvalue weighted by molar-refractivity contribution is 5.70. The smallest absolute Gasteiger partial charge is 0.181 e. The predicted molar refractivity (Wildman–Crippen MR) is 153 cm³/mol. The Hall–Kier alpha value is -4.24. The second-order valence-corrected chi connectivity index (χ2v) is 10.5. The number of nitrogens with zero attached hydrogens (tertiary/aromatic N) is 5. The van der Waals surface area contributed by atoms with Crippen LogP contribution in [-0.4, -0.2) is 46.7 Å². The molecule has 0 saturated carbocycles. The van der Waals surface area contributed by atoms with E-state index in [4.69, 9.17) is 14.5 Å². The van der Waals surface area contributed by atoms with Crippen LogP contribution in [0.25, 0.3) is 17.2 Å². The number of pyridine rings is 1. The van der Waals surface area contributed by atoms with Gasteiger partial charge in [0, 0.05) is 54.8 Å². The summed E-state index contributed by atoms with van der Waals surface area (Å²) < 4.78 is 26.2. The van der Waals surface area contributed by atoms with Gasteiger partial charge in [-0.25, -0.2) is 14.1 Å². The molecule has 0 amide bonds. The summed E-state index contributed by atoms with van der Waals surface area (Å²) in [5.41, 5.74) is 4.20. The summed E-state index contributed by atoms with van der Waals surface area (Å²) in [6, 6.07) is 16.3. The molecular formula is C31H33FN6O2. The molecular weight excluding hydrogens is 507 g/mol. The van der Waals surface area contributed by atoms with E-state index < -0.39 is 12.5 Å². The maximum absolute atomic E-state index is 13.2. The quantitative estimate of drug-likeness (QED) is 0.361. The maximum Gasteiger partial charge on any atom is 0.181 e. The monoisotopic (exact) mass is 540 g/mol. The number of hydrogen-bond acceptors (Lipinski definition) is 7.